The molecule has 4 aromatic carbocycles. The van der Waals surface area contributed by atoms with Crippen LogP contribution in [0, 0.1) is 27.7 Å². The van der Waals surface area contributed by atoms with Gasteiger partial charge in [-0.2, -0.15) is 0 Å². The Morgan fingerprint density at radius 3 is 1.31 bits per heavy atom. The third-order valence-electron chi connectivity index (χ3n) is 14.7. The number of aromatic nitrogens is 4. The van der Waals surface area contributed by atoms with Gasteiger partial charge in [-0.15, -0.1) is 0 Å². The van der Waals surface area contributed by atoms with Gasteiger partial charge >= 0.3 is 0 Å². The molecule has 12 rings (SSSR count). The number of rotatable bonds is 4. The average molecular weight is 931 g/mol. The van der Waals surface area contributed by atoms with Crippen LogP contribution in [-0.4, -0.2) is 0 Å². The number of aryl methyl sites for hydroxylation is 14. The zero-order valence-electron chi connectivity index (χ0n) is 48.9. The van der Waals surface area contributed by atoms with Gasteiger partial charge in [-0.1, -0.05) is 72.8 Å². The molecule has 4 aliphatic carbocycles. The number of nitrogens with zero attached hydrogens (tertiary/aromatic N) is 4. The van der Waals surface area contributed by atoms with Gasteiger partial charge in [0.05, 0.1) is 0 Å². The van der Waals surface area contributed by atoms with Crippen LogP contribution in [0.15, 0.2) is 146 Å². The van der Waals surface area contributed by atoms with Crippen LogP contribution < -0.4 is 18.3 Å². The molecule has 70 heavy (non-hydrogen) atoms. The minimum atomic E-state index is -1.52. The largest absolute Gasteiger partial charge is 0.216 e. The fourth-order valence-corrected chi connectivity index (χ4v) is 10.9. The maximum absolute atomic E-state index is 8.43. The summed E-state index contributed by atoms with van der Waals surface area (Å²) in [5.74, 6) is 0. The van der Waals surface area contributed by atoms with Crippen LogP contribution in [0.2, 0.25) is 0 Å². The third kappa shape index (κ3) is 10.6. The maximum Gasteiger partial charge on any atom is 0.216 e. The maximum atomic E-state index is 8.43. The molecule has 0 aliphatic heterocycles. The highest BCUT2D eigenvalue weighted by molar-refractivity contribution is 5.67. The number of pyridine rings is 4. The van der Waals surface area contributed by atoms with Crippen molar-refractivity contribution in [2.45, 2.75) is 117 Å². The quantitative estimate of drug-likeness (QED) is 0.156. The van der Waals surface area contributed by atoms with Gasteiger partial charge in [-0.05, 0) is 186 Å². The Balaban J connectivity index is 0.000000124. The van der Waals surface area contributed by atoms with Crippen LogP contribution in [0.5, 0.6) is 0 Å². The van der Waals surface area contributed by atoms with Crippen molar-refractivity contribution in [3.63, 3.8) is 0 Å². The molecule has 0 saturated carbocycles. The third-order valence-corrected chi connectivity index (χ3v) is 14.7. The summed E-state index contributed by atoms with van der Waals surface area (Å²) in [5, 5.41) is 0. The van der Waals surface area contributed by atoms with Crippen LogP contribution in [0.4, 0.5) is 0 Å². The van der Waals surface area contributed by atoms with Crippen LogP contribution in [0.1, 0.15) is 114 Å². The van der Waals surface area contributed by atoms with Crippen molar-refractivity contribution in [2.24, 2.45) is 28.2 Å². The van der Waals surface area contributed by atoms with E-state index in [1.807, 2.05) is 68.2 Å². The SMILES string of the molecule is Cc1ccccc1-c1c2c(cc[n+]1C)CCC2.Cc1ccccc1-c1cc2c(c[n+]1C)CCC2.[2H]C1([2H])CCC([2H])([2H])c2c1cc[n+](C)c2-c1ccccc1C.[2H]C1([2H])CCCc2c[n+](C)c(-c3ccccc3C)cc21. The Morgan fingerprint density at radius 2 is 0.743 bits per heavy atom. The Kier molecular flexibility index (Phi) is 13.0. The molecule has 4 nitrogen and oxygen atoms in total. The summed E-state index contributed by atoms with van der Waals surface area (Å²) >= 11 is 0. The van der Waals surface area contributed by atoms with Crippen molar-refractivity contribution in [2.75, 3.05) is 0 Å². The highest BCUT2D eigenvalue weighted by Crippen LogP contribution is 2.33. The van der Waals surface area contributed by atoms with Crippen LogP contribution >= 0.6 is 0 Å². The molecule has 0 fully saturated rings. The standard InChI is InChI=1S/2C17H20N.2C16H18N/c1-13-7-3-6-10-16(13)17-11-14-8-4-5-9-15(14)12-18(17)2;1-13-7-3-5-9-15(13)17-16-10-6-4-8-14(16)11-12-18(17)2;1-12-6-3-4-9-15(12)16-10-13-7-5-8-14(13)11-17(16)2;1-12-6-3-4-8-14(12)16-15-9-5-7-13(15)10-11-17(16)2/h3,6-7,10-12H,4-5,8-9H2,1-2H3;3,5,7,9,11-12H,4,6,8,10H2,1-2H3;3-4,6,9-11H,5,7-8H2,1-2H3;3-4,6,8,10-11H,5,7,9H2,1-2H3/q4*+1/i8D2;8D2,10D2;;. The molecule has 8 aromatic rings. The molecule has 0 N–H and O–H groups in total. The zero-order valence-corrected chi connectivity index (χ0v) is 42.9. The van der Waals surface area contributed by atoms with E-state index in [0.29, 0.717) is 17.5 Å². The van der Waals surface area contributed by atoms with Gasteiger partial charge < -0.3 is 0 Å². The molecule has 0 atom stereocenters. The molecule has 0 amide bonds. The van der Waals surface area contributed by atoms with Gasteiger partial charge in [-0.3, -0.25) is 0 Å². The molecule has 0 spiro atoms. The fraction of sp³-hybridized carbons (Fsp3) is 0.333. The van der Waals surface area contributed by atoms with Crippen molar-refractivity contribution in [3.8, 4) is 45.0 Å². The lowest BCUT2D eigenvalue weighted by Gasteiger charge is -2.17. The highest BCUT2D eigenvalue weighted by atomic mass is 14.9. The van der Waals surface area contributed by atoms with Gasteiger partial charge in [0.15, 0.2) is 24.8 Å². The predicted molar refractivity (Wildman–Crippen MR) is 288 cm³/mol. The van der Waals surface area contributed by atoms with Crippen molar-refractivity contribution in [1.82, 2.24) is 0 Å². The second kappa shape index (κ2) is 22.1. The lowest BCUT2D eigenvalue weighted by Crippen LogP contribution is -2.33. The monoisotopic (exact) mass is 931 g/mol. The second-order valence-electron chi connectivity index (χ2n) is 19.7. The highest BCUT2D eigenvalue weighted by Gasteiger charge is 2.26. The smallest absolute Gasteiger partial charge is 0.201 e. The summed E-state index contributed by atoms with van der Waals surface area (Å²) < 4.78 is 58.4. The van der Waals surface area contributed by atoms with E-state index in [1.165, 1.54) is 88.9 Å². The lowest BCUT2D eigenvalue weighted by molar-refractivity contribution is -0.661. The summed E-state index contributed by atoms with van der Waals surface area (Å²) in [4.78, 5) is 0. The number of hydrogen-bond donors (Lipinski definition) is 0. The Labute approximate surface area is 428 Å². The molecule has 0 radical (unpaired) electrons. The van der Waals surface area contributed by atoms with Gasteiger partial charge in [0.1, 0.15) is 28.2 Å². The van der Waals surface area contributed by atoms with Crippen molar-refractivity contribution in [3.05, 3.63) is 213 Å². The Morgan fingerprint density at radius 1 is 0.343 bits per heavy atom. The van der Waals surface area contributed by atoms with Crippen molar-refractivity contribution in [1.29, 1.82) is 0 Å². The van der Waals surface area contributed by atoms with Gasteiger partial charge in [-0.25, -0.2) is 18.3 Å². The first-order chi connectivity index (χ1) is 36.3. The second-order valence-corrected chi connectivity index (χ2v) is 19.7. The first kappa shape index (κ1) is 41.3. The summed E-state index contributed by atoms with van der Waals surface area (Å²) in [6.07, 6.45) is 14.8. The minimum Gasteiger partial charge on any atom is -0.201 e. The van der Waals surface area contributed by atoms with Crippen LogP contribution in [-0.2, 0) is 79.4 Å². The molecule has 356 valence electrons. The van der Waals surface area contributed by atoms with E-state index >= 15 is 0 Å². The molecule has 4 aliphatic rings. The van der Waals surface area contributed by atoms with E-state index < -0.39 is 19.1 Å². The molecule has 4 heterocycles. The molecular weight excluding hydrogens is 849 g/mol. The molecule has 4 heteroatoms. The van der Waals surface area contributed by atoms with E-state index in [-0.39, 0.29) is 12.8 Å². The normalized spacial score (nSPS) is 17.5. The molecular formula is C66H76N4+4. The van der Waals surface area contributed by atoms with Crippen LogP contribution in [0.3, 0.4) is 0 Å². The topological polar surface area (TPSA) is 15.5 Å². The van der Waals surface area contributed by atoms with E-state index in [1.54, 1.807) is 22.8 Å². The first-order valence-electron chi connectivity index (χ1n) is 28.6. The number of hydrogen-bond acceptors (Lipinski definition) is 0. The van der Waals surface area contributed by atoms with Gasteiger partial charge in [0.2, 0.25) is 22.8 Å². The average Bonchev–Trinajstić information content (AvgIpc) is 4.14. The fourth-order valence-electron chi connectivity index (χ4n) is 10.9. The number of benzene rings is 4. The predicted octanol–water partition coefficient (Wildman–Crippen LogP) is 12.7. The zero-order chi connectivity index (χ0) is 54.1. The molecule has 4 aromatic heterocycles. The molecule has 0 unspecified atom stereocenters. The summed E-state index contributed by atoms with van der Waals surface area (Å²) in [7, 11) is 8.25. The molecule has 0 bridgehead atoms. The van der Waals surface area contributed by atoms with E-state index in [9.17, 15) is 0 Å². The Hall–Kier alpha value is -6.52. The first-order valence-corrected chi connectivity index (χ1v) is 25.6. The molecule has 0 saturated heterocycles. The van der Waals surface area contributed by atoms with Gasteiger partial charge in [0, 0.05) is 77.0 Å². The summed E-state index contributed by atoms with van der Waals surface area (Å²) in [6, 6.07) is 41.9. The minimum absolute atomic E-state index is 0.204. The summed E-state index contributed by atoms with van der Waals surface area (Å²) in [5.41, 5.74) is 23.7. The van der Waals surface area contributed by atoms with E-state index in [2.05, 4.69) is 146 Å². The summed E-state index contributed by atoms with van der Waals surface area (Å²) in [6.45, 7) is 8.48. The lowest BCUT2D eigenvalue weighted by atomic mass is 9.88. The van der Waals surface area contributed by atoms with Gasteiger partial charge in [0.25, 0.3) is 0 Å². The van der Waals surface area contributed by atoms with Crippen molar-refractivity contribution < 1.29 is 26.5 Å². The number of fused-ring (bicyclic) bond motifs is 4. The Bertz CT molecular complexity index is 3450. The van der Waals surface area contributed by atoms with Crippen LogP contribution in [0.25, 0.3) is 45.0 Å². The van der Waals surface area contributed by atoms with E-state index in [4.69, 9.17) is 8.22 Å². The van der Waals surface area contributed by atoms with E-state index in [0.717, 1.165) is 46.5 Å². The van der Waals surface area contributed by atoms with Crippen molar-refractivity contribution >= 4 is 0 Å².